The lowest BCUT2D eigenvalue weighted by molar-refractivity contribution is 0.451. The minimum atomic E-state index is -0.242. The fourth-order valence-electron chi connectivity index (χ4n) is 1.53. The van der Waals surface area contributed by atoms with E-state index in [1.54, 1.807) is 6.07 Å². The van der Waals surface area contributed by atoms with Crippen LogP contribution < -0.4 is 4.74 Å². The lowest BCUT2D eigenvalue weighted by Gasteiger charge is -2.19. The van der Waals surface area contributed by atoms with Crippen LogP contribution in [0.1, 0.15) is 0 Å². The molecule has 0 unspecified atom stereocenters. The molecule has 0 aromatic heterocycles. The minimum absolute atomic E-state index is 0.242. The van der Waals surface area contributed by atoms with Gasteiger partial charge in [0.15, 0.2) is 0 Å². The van der Waals surface area contributed by atoms with Gasteiger partial charge in [0.1, 0.15) is 17.3 Å². The van der Waals surface area contributed by atoms with Crippen molar-refractivity contribution in [1.29, 1.82) is 0 Å². The topological polar surface area (TPSA) is 9.23 Å². The van der Waals surface area contributed by atoms with E-state index in [0.717, 1.165) is 20.0 Å². The molecule has 0 saturated carbocycles. The smallest absolute Gasteiger partial charge is 0.141 e. The Kier molecular flexibility index (Phi) is 2.41. The van der Waals surface area contributed by atoms with Crippen molar-refractivity contribution in [2.45, 2.75) is 9.79 Å². The first-order valence-corrected chi connectivity index (χ1v) is 6.28. The summed E-state index contributed by atoms with van der Waals surface area (Å²) in [5.74, 6) is 1.28. The first kappa shape index (κ1) is 10.2. The molecule has 0 atom stereocenters. The van der Waals surface area contributed by atoms with Gasteiger partial charge in [-0.2, -0.15) is 0 Å². The van der Waals surface area contributed by atoms with Crippen LogP contribution in [0.2, 0.25) is 0 Å². The molecule has 3 rings (SSSR count). The summed E-state index contributed by atoms with van der Waals surface area (Å²) >= 11 is 4.92. The van der Waals surface area contributed by atoms with Crippen molar-refractivity contribution in [3.63, 3.8) is 0 Å². The van der Waals surface area contributed by atoms with E-state index in [9.17, 15) is 4.39 Å². The Morgan fingerprint density at radius 2 is 1.69 bits per heavy atom. The lowest BCUT2D eigenvalue weighted by Crippen LogP contribution is -1.95. The van der Waals surface area contributed by atoms with E-state index < -0.39 is 0 Å². The van der Waals surface area contributed by atoms with Crippen LogP contribution in [0, 0.1) is 5.82 Å². The number of ether oxygens (including phenoxy) is 1. The van der Waals surface area contributed by atoms with Crippen LogP contribution in [0.3, 0.4) is 0 Å². The second-order valence-corrected chi connectivity index (χ2v) is 5.39. The third-order valence-electron chi connectivity index (χ3n) is 2.25. The fraction of sp³-hybridized carbons (Fsp3) is 0. The van der Waals surface area contributed by atoms with Gasteiger partial charge in [-0.05, 0) is 36.4 Å². The monoisotopic (exact) mass is 296 g/mol. The number of hydrogen-bond acceptors (Lipinski definition) is 2. The Labute approximate surface area is 105 Å². The summed E-state index contributed by atoms with van der Waals surface area (Å²) < 4.78 is 19.7. The first-order chi connectivity index (χ1) is 7.72. The zero-order valence-electron chi connectivity index (χ0n) is 8.04. The quantitative estimate of drug-likeness (QED) is 0.587. The van der Waals surface area contributed by atoms with Crippen molar-refractivity contribution in [2.24, 2.45) is 0 Å². The van der Waals surface area contributed by atoms with E-state index in [-0.39, 0.29) is 5.82 Å². The van der Waals surface area contributed by atoms with Gasteiger partial charge >= 0.3 is 0 Å². The summed E-state index contributed by atoms with van der Waals surface area (Å²) in [5, 5.41) is 0. The van der Waals surface area contributed by atoms with Gasteiger partial charge in [0.2, 0.25) is 0 Å². The minimum Gasteiger partial charge on any atom is -0.455 e. The molecule has 16 heavy (non-hydrogen) atoms. The van der Waals surface area contributed by atoms with Crippen LogP contribution in [-0.4, -0.2) is 0 Å². The predicted octanol–water partition coefficient (Wildman–Crippen LogP) is 4.85. The zero-order chi connectivity index (χ0) is 11.1. The fourth-order valence-corrected chi connectivity index (χ4v) is 3.06. The van der Waals surface area contributed by atoms with E-state index in [4.69, 9.17) is 4.74 Å². The van der Waals surface area contributed by atoms with Crippen molar-refractivity contribution >= 4 is 27.7 Å². The molecule has 2 aromatic rings. The molecule has 2 aromatic carbocycles. The molecule has 0 amide bonds. The standard InChI is InChI=1S/C12H6BrFOS/c13-7-1-3-9-11(5-7)16-12-6-8(14)2-4-10(12)15-9/h1-6H. The summed E-state index contributed by atoms with van der Waals surface area (Å²) in [6.45, 7) is 0. The Morgan fingerprint density at radius 1 is 1.00 bits per heavy atom. The Morgan fingerprint density at radius 3 is 2.50 bits per heavy atom. The van der Waals surface area contributed by atoms with Gasteiger partial charge < -0.3 is 4.74 Å². The number of halogens is 2. The van der Waals surface area contributed by atoms with Gasteiger partial charge in [-0.15, -0.1) is 0 Å². The molecule has 1 aliphatic heterocycles. The van der Waals surface area contributed by atoms with Crippen LogP contribution in [0.5, 0.6) is 11.5 Å². The second-order valence-electron chi connectivity index (χ2n) is 3.39. The normalized spacial score (nSPS) is 12.6. The molecular weight excluding hydrogens is 291 g/mol. The molecule has 1 nitrogen and oxygen atoms in total. The summed E-state index contributed by atoms with van der Waals surface area (Å²) in [6, 6.07) is 10.3. The molecule has 0 saturated heterocycles. The number of benzene rings is 2. The molecule has 1 heterocycles. The lowest BCUT2D eigenvalue weighted by atomic mass is 10.3. The Balaban J connectivity index is 2.10. The van der Waals surface area contributed by atoms with Crippen molar-refractivity contribution in [1.82, 2.24) is 0 Å². The number of fused-ring (bicyclic) bond motifs is 2. The maximum atomic E-state index is 13.1. The van der Waals surface area contributed by atoms with Crippen molar-refractivity contribution < 1.29 is 9.13 Å². The third kappa shape index (κ3) is 1.72. The predicted molar refractivity (Wildman–Crippen MR) is 64.7 cm³/mol. The molecule has 0 fully saturated rings. The SMILES string of the molecule is Fc1ccc2c(c1)Sc1cc(Br)ccc1O2. The Hall–Kier alpha value is -1.00. The van der Waals surface area contributed by atoms with E-state index >= 15 is 0 Å². The third-order valence-corrected chi connectivity index (χ3v) is 3.82. The van der Waals surface area contributed by atoms with Gasteiger partial charge in [-0.25, -0.2) is 4.39 Å². The van der Waals surface area contributed by atoms with Crippen LogP contribution in [0.15, 0.2) is 50.7 Å². The summed E-state index contributed by atoms with van der Waals surface area (Å²) in [5.41, 5.74) is 0. The number of rotatable bonds is 0. The average Bonchev–Trinajstić information content (AvgIpc) is 2.26. The molecule has 80 valence electrons. The molecule has 4 heteroatoms. The molecule has 0 spiro atoms. The molecule has 0 bridgehead atoms. The van der Waals surface area contributed by atoms with Crippen LogP contribution in [-0.2, 0) is 0 Å². The van der Waals surface area contributed by atoms with Crippen molar-refractivity contribution in [3.05, 3.63) is 46.7 Å². The largest absolute Gasteiger partial charge is 0.455 e. The summed E-state index contributed by atoms with van der Waals surface area (Å²) in [6.07, 6.45) is 0. The molecule has 0 aliphatic carbocycles. The van der Waals surface area contributed by atoms with Gasteiger partial charge in [-0.1, -0.05) is 27.7 Å². The van der Waals surface area contributed by atoms with Gasteiger partial charge in [0, 0.05) is 4.47 Å². The van der Waals surface area contributed by atoms with Gasteiger partial charge in [-0.3, -0.25) is 0 Å². The molecular formula is C12H6BrFOS. The highest BCUT2D eigenvalue weighted by atomic mass is 79.9. The summed E-state index contributed by atoms with van der Waals surface area (Å²) in [4.78, 5) is 1.80. The van der Waals surface area contributed by atoms with Crippen molar-refractivity contribution in [2.75, 3.05) is 0 Å². The first-order valence-electron chi connectivity index (χ1n) is 4.67. The van der Waals surface area contributed by atoms with Crippen molar-refractivity contribution in [3.8, 4) is 11.5 Å². The summed E-state index contributed by atoms with van der Waals surface area (Å²) in [7, 11) is 0. The second kappa shape index (κ2) is 3.79. The van der Waals surface area contributed by atoms with Crippen LogP contribution >= 0.6 is 27.7 Å². The highest BCUT2D eigenvalue weighted by Crippen LogP contribution is 2.47. The zero-order valence-corrected chi connectivity index (χ0v) is 10.4. The van der Waals surface area contributed by atoms with Crippen LogP contribution in [0.4, 0.5) is 4.39 Å². The maximum absolute atomic E-state index is 13.1. The molecule has 0 N–H and O–H groups in total. The molecule has 1 aliphatic rings. The highest BCUT2D eigenvalue weighted by Gasteiger charge is 2.18. The van der Waals surface area contributed by atoms with E-state index in [1.807, 2.05) is 18.2 Å². The van der Waals surface area contributed by atoms with E-state index in [1.165, 1.54) is 23.9 Å². The number of hydrogen-bond donors (Lipinski definition) is 0. The molecule has 0 radical (unpaired) electrons. The van der Waals surface area contributed by atoms with E-state index in [2.05, 4.69) is 15.9 Å². The van der Waals surface area contributed by atoms with E-state index in [0.29, 0.717) is 5.75 Å². The highest BCUT2D eigenvalue weighted by molar-refractivity contribution is 9.10. The Bertz CT molecular complexity index is 521. The van der Waals surface area contributed by atoms with Gasteiger partial charge in [0.05, 0.1) is 9.79 Å². The van der Waals surface area contributed by atoms with Crippen LogP contribution in [0.25, 0.3) is 0 Å². The van der Waals surface area contributed by atoms with Gasteiger partial charge in [0.25, 0.3) is 0 Å². The maximum Gasteiger partial charge on any atom is 0.141 e. The average molecular weight is 297 g/mol.